The van der Waals surface area contributed by atoms with Crippen molar-refractivity contribution in [1.29, 1.82) is 5.41 Å². The van der Waals surface area contributed by atoms with Crippen LogP contribution < -0.4 is 22.5 Å². The van der Waals surface area contributed by atoms with Crippen molar-refractivity contribution < 1.29 is 4.79 Å². The van der Waals surface area contributed by atoms with Gasteiger partial charge >= 0.3 is 5.69 Å². The molecular weight excluding hydrogens is 673 g/mol. The second-order valence-electron chi connectivity index (χ2n) is 13.0. The lowest BCUT2D eigenvalue weighted by Crippen LogP contribution is -2.29. The van der Waals surface area contributed by atoms with Crippen LogP contribution in [0, 0.1) is 25.2 Å². The number of ketones is 1. The van der Waals surface area contributed by atoms with E-state index in [9.17, 15) is 19.2 Å². The van der Waals surface area contributed by atoms with E-state index in [1.54, 1.807) is 6.26 Å². The molecule has 0 spiro atoms. The Hall–Kier alpha value is -3.52. The summed E-state index contributed by atoms with van der Waals surface area (Å²) in [6, 6.07) is 0. The molecule has 1 unspecified atom stereocenters. The van der Waals surface area contributed by atoms with Crippen LogP contribution in [0.4, 0.5) is 0 Å². The van der Waals surface area contributed by atoms with Gasteiger partial charge in [0.2, 0.25) is 0 Å². The van der Waals surface area contributed by atoms with Crippen LogP contribution in [-0.2, 0) is 43.3 Å². The molecule has 6 N–H and O–H groups in total. The molecule has 0 aromatic carbocycles. The number of nitrogens with zero attached hydrogens (tertiary/aromatic N) is 3. The summed E-state index contributed by atoms with van der Waals surface area (Å²) in [5.74, 6) is 1.76. The van der Waals surface area contributed by atoms with Crippen LogP contribution in [0.15, 0.2) is 19.5 Å². The quantitative estimate of drug-likeness (QED) is 0.0948. The summed E-state index contributed by atoms with van der Waals surface area (Å²) in [6.45, 7) is 6.10. The molecule has 0 saturated heterocycles. The molecule has 3 heterocycles. The highest BCUT2D eigenvalue weighted by Crippen LogP contribution is 2.22. The number of carbonyl (C=O) groups is 1. The second-order valence-corrected chi connectivity index (χ2v) is 14.6. The Morgan fingerprint density at radius 1 is 0.700 bits per heavy atom. The van der Waals surface area contributed by atoms with Crippen LogP contribution in [-0.4, -0.2) is 53.4 Å². The Morgan fingerprint density at radius 2 is 1.24 bits per heavy atom. The van der Waals surface area contributed by atoms with Gasteiger partial charge in [0.15, 0.2) is 10.3 Å². The summed E-state index contributed by atoms with van der Waals surface area (Å²) in [5, 5.41) is 7.40. The minimum atomic E-state index is -0.388. The lowest BCUT2D eigenvalue weighted by Gasteiger charge is -2.16. The van der Waals surface area contributed by atoms with Crippen molar-refractivity contribution in [3.8, 4) is 0 Å². The summed E-state index contributed by atoms with van der Waals surface area (Å²) in [7, 11) is 0. The summed E-state index contributed by atoms with van der Waals surface area (Å²) in [5.41, 5.74) is 11.7. The van der Waals surface area contributed by atoms with Gasteiger partial charge in [-0.05, 0) is 122 Å². The molecule has 0 aliphatic heterocycles. The largest absolute Gasteiger partial charge is 0.379 e. The zero-order valence-corrected chi connectivity index (χ0v) is 31.9. The molecule has 3 aromatic heterocycles. The van der Waals surface area contributed by atoms with E-state index in [0.29, 0.717) is 11.7 Å². The SMILES string of the molecule is CC1CCCCC1=O.CSC(=N)N.CSc1nc2c(c(=O)[nH]1)CCCC2.Cc1nc(C)c2c(n1)CCCC2.O=c1[nH]c2c(c(=O)[nH]1)CCCC2. The molecule has 1 atom stereocenters. The molecule has 274 valence electrons. The third kappa shape index (κ3) is 13.0. The number of nitrogens with one attached hydrogen (secondary N) is 4. The fraction of sp³-hybridized carbons (Fsp3) is 0.611. The smallest absolute Gasteiger partial charge is 0.325 e. The van der Waals surface area contributed by atoms with E-state index in [0.717, 1.165) is 111 Å². The number of amidine groups is 1. The van der Waals surface area contributed by atoms with E-state index in [-0.39, 0.29) is 22.0 Å². The number of aromatic nitrogens is 6. The average Bonchev–Trinajstić information content (AvgIpc) is 3.10. The third-order valence-corrected chi connectivity index (χ3v) is 10.2. The van der Waals surface area contributed by atoms with Crippen LogP contribution in [0.2, 0.25) is 0 Å². The van der Waals surface area contributed by atoms with E-state index in [2.05, 4.69) is 36.8 Å². The molecule has 7 rings (SSSR count). The van der Waals surface area contributed by atoms with Crippen LogP contribution in [0.5, 0.6) is 0 Å². The third-order valence-electron chi connectivity index (χ3n) is 9.18. The van der Waals surface area contributed by atoms with Crippen molar-refractivity contribution in [3.63, 3.8) is 0 Å². The number of carbonyl (C=O) groups excluding carboxylic acids is 1. The van der Waals surface area contributed by atoms with Gasteiger partial charge in [0, 0.05) is 40.5 Å². The monoisotopic (exact) mass is 726 g/mol. The molecular formula is C36H54N8O4S2. The highest BCUT2D eigenvalue weighted by atomic mass is 32.2. The average molecular weight is 727 g/mol. The maximum atomic E-state index is 11.5. The van der Waals surface area contributed by atoms with E-state index in [1.807, 2.05) is 20.1 Å². The highest BCUT2D eigenvalue weighted by Gasteiger charge is 2.17. The standard InChI is InChI=1S/C10H14N2.C9H12N2OS.C8H10N2O2.C7H12O.C2H6N2S/c1-7-9-5-3-4-6-10(9)12-8(2)11-7;1-13-9-10-7-5-3-2-4-6(7)8(12)11-9;11-7-5-3-1-2-4-6(5)9-8(12)10-7;1-6-4-2-3-5-7(6)8;1-5-2(3)4/h3-6H2,1-2H3;2-5H2,1H3,(H,10,11,12);1-4H2,(H2,9,10,11,12);6H,2-5H2,1H3;1H3,(H3,3,4). The molecule has 14 heteroatoms. The summed E-state index contributed by atoms with van der Waals surface area (Å²) in [4.78, 5) is 65.3. The van der Waals surface area contributed by atoms with E-state index >= 15 is 0 Å². The van der Waals surface area contributed by atoms with Gasteiger partial charge in [-0.2, -0.15) is 0 Å². The number of fused-ring (bicyclic) bond motifs is 3. The minimum absolute atomic E-state index is 0.0639. The summed E-state index contributed by atoms with van der Waals surface area (Å²) in [6.07, 6.45) is 20.8. The lowest BCUT2D eigenvalue weighted by molar-refractivity contribution is -0.123. The number of aromatic amines is 3. The first-order valence-electron chi connectivity index (χ1n) is 17.7. The van der Waals surface area contributed by atoms with Gasteiger partial charge in [-0.1, -0.05) is 36.9 Å². The van der Waals surface area contributed by atoms with Gasteiger partial charge in [-0.25, -0.2) is 19.7 Å². The Bertz CT molecular complexity index is 1770. The van der Waals surface area contributed by atoms with Gasteiger partial charge < -0.3 is 15.7 Å². The van der Waals surface area contributed by atoms with Crippen LogP contribution in [0.25, 0.3) is 0 Å². The number of aryl methyl sites for hydroxylation is 5. The number of H-pyrrole nitrogens is 3. The molecule has 4 aliphatic rings. The van der Waals surface area contributed by atoms with Gasteiger partial charge in [-0.15, -0.1) is 0 Å². The van der Waals surface area contributed by atoms with Crippen molar-refractivity contribution >= 4 is 34.5 Å². The van der Waals surface area contributed by atoms with Crippen molar-refractivity contribution in [2.24, 2.45) is 11.7 Å². The molecule has 3 aromatic rings. The number of nitrogens with two attached hydrogens (primary N) is 1. The molecule has 12 nitrogen and oxygen atoms in total. The summed E-state index contributed by atoms with van der Waals surface area (Å²) >= 11 is 2.73. The van der Waals surface area contributed by atoms with Crippen molar-refractivity contribution in [2.75, 3.05) is 12.5 Å². The Balaban J connectivity index is 0.000000174. The second kappa shape index (κ2) is 21.0. The van der Waals surface area contributed by atoms with Crippen molar-refractivity contribution in [2.45, 2.75) is 129 Å². The maximum Gasteiger partial charge on any atom is 0.325 e. The first kappa shape index (κ1) is 40.9. The highest BCUT2D eigenvalue weighted by molar-refractivity contribution is 8.13. The van der Waals surface area contributed by atoms with Crippen molar-refractivity contribution in [1.82, 2.24) is 29.9 Å². The number of hydrogen-bond donors (Lipinski definition) is 5. The fourth-order valence-electron chi connectivity index (χ4n) is 6.41. The Morgan fingerprint density at radius 3 is 1.82 bits per heavy atom. The number of rotatable bonds is 1. The van der Waals surface area contributed by atoms with Gasteiger partial charge in [0.1, 0.15) is 11.6 Å². The van der Waals surface area contributed by atoms with Gasteiger partial charge in [0.05, 0.1) is 5.69 Å². The molecule has 0 amide bonds. The summed E-state index contributed by atoms with van der Waals surface area (Å²) < 4.78 is 0. The van der Waals surface area contributed by atoms with Gasteiger partial charge in [-0.3, -0.25) is 24.8 Å². The van der Waals surface area contributed by atoms with Crippen LogP contribution in [0.3, 0.4) is 0 Å². The fourth-order valence-corrected chi connectivity index (χ4v) is 6.80. The lowest BCUT2D eigenvalue weighted by atomic mass is 9.90. The minimum Gasteiger partial charge on any atom is -0.379 e. The van der Waals surface area contributed by atoms with E-state index in [4.69, 9.17) is 11.1 Å². The molecule has 1 saturated carbocycles. The Labute approximate surface area is 303 Å². The molecule has 0 bridgehead atoms. The first-order chi connectivity index (χ1) is 23.9. The molecule has 1 fully saturated rings. The number of thioether (sulfide) groups is 2. The molecule has 4 aliphatic carbocycles. The first-order valence-corrected chi connectivity index (χ1v) is 20.1. The zero-order chi connectivity index (χ0) is 36.6. The number of Topliss-reactive ketones (excluding diaryl/α,β-unsaturated/α-hetero) is 1. The molecule has 50 heavy (non-hydrogen) atoms. The van der Waals surface area contributed by atoms with Crippen molar-refractivity contribution in [3.05, 3.63) is 76.5 Å². The van der Waals surface area contributed by atoms with Crippen LogP contribution in [0.1, 0.15) is 116 Å². The normalized spacial score (nSPS) is 17.2. The topological polar surface area (TPSA) is 204 Å². The van der Waals surface area contributed by atoms with Crippen LogP contribution >= 0.6 is 23.5 Å². The number of hydrogen-bond acceptors (Lipinski definition) is 10. The Kier molecular flexibility index (Phi) is 17.2. The predicted octanol–water partition coefficient (Wildman–Crippen LogP) is 5.29. The molecule has 0 radical (unpaired) electrons. The maximum absolute atomic E-state index is 11.5. The van der Waals surface area contributed by atoms with Gasteiger partial charge in [0.25, 0.3) is 11.1 Å². The van der Waals surface area contributed by atoms with E-state index < -0.39 is 0 Å². The zero-order valence-electron chi connectivity index (χ0n) is 30.3. The predicted molar refractivity (Wildman–Crippen MR) is 204 cm³/mol. The van der Waals surface area contributed by atoms with E-state index in [1.165, 1.54) is 66.2 Å².